The minimum Gasteiger partial charge on any atom is -0.323 e. The molecule has 0 spiro atoms. The van der Waals surface area contributed by atoms with Gasteiger partial charge in [-0.05, 0) is 24.1 Å². The Hall–Kier alpha value is -1.37. The lowest BCUT2D eigenvalue weighted by Gasteiger charge is -2.15. The number of nitrogens with zero attached hydrogens (tertiary/aromatic N) is 3. The summed E-state index contributed by atoms with van der Waals surface area (Å²) in [7, 11) is -0.459. The Bertz CT molecular complexity index is 688. The van der Waals surface area contributed by atoms with Gasteiger partial charge >= 0.3 is 0 Å². The predicted molar refractivity (Wildman–Crippen MR) is 78.0 cm³/mol. The maximum Gasteiger partial charge on any atom is 0.262 e. The Balaban J connectivity index is 2.23. The molecule has 0 atom stereocenters. The summed E-state index contributed by atoms with van der Waals surface area (Å²) < 4.78 is 27.4. The van der Waals surface area contributed by atoms with Crippen LogP contribution in [0, 0.1) is 6.92 Å². The van der Waals surface area contributed by atoms with Gasteiger partial charge in [-0.25, -0.2) is 13.4 Å². The monoisotopic (exact) mass is 313 g/mol. The van der Waals surface area contributed by atoms with Crippen molar-refractivity contribution in [1.29, 1.82) is 0 Å². The third kappa shape index (κ3) is 3.03. The lowest BCUT2D eigenvalue weighted by atomic mass is 10.1. The summed E-state index contributed by atoms with van der Waals surface area (Å²) >= 11 is 5.79. The second-order valence-electron chi connectivity index (χ2n) is 4.71. The number of aromatic nitrogens is 2. The van der Waals surface area contributed by atoms with Gasteiger partial charge in [-0.2, -0.15) is 4.31 Å². The fraction of sp³-hybridized carbons (Fsp3) is 0.308. The van der Waals surface area contributed by atoms with Crippen molar-refractivity contribution in [2.45, 2.75) is 18.5 Å². The quantitative estimate of drug-likeness (QED) is 0.869. The standard InChI is InChI=1S/C13H16ClN3O2S/c1-10-4-6-11(7-5-10)8-17(3)20(18,19)12-9-16(2)13(14)15-12/h4-7,9H,8H2,1-3H3. The van der Waals surface area contributed by atoms with Crippen molar-refractivity contribution in [2.24, 2.45) is 7.05 Å². The van der Waals surface area contributed by atoms with Crippen LogP contribution in [-0.2, 0) is 23.6 Å². The van der Waals surface area contributed by atoms with E-state index in [1.807, 2.05) is 31.2 Å². The molecule has 0 saturated heterocycles. The van der Waals surface area contributed by atoms with Crippen molar-refractivity contribution >= 4 is 21.6 Å². The zero-order valence-corrected chi connectivity index (χ0v) is 13.1. The first-order valence-electron chi connectivity index (χ1n) is 6.01. The molecule has 0 bridgehead atoms. The molecule has 0 saturated carbocycles. The molecule has 1 aromatic carbocycles. The molecule has 20 heavy (non-hydrogen) atoms. The second kappa shape index (κ2) is 5.55. The number of imidazole rings is 1. The average molecular weight is 314 g/mol. The average Bonchev–Trinajstić information content (AvgIpc) is 2.73. The Morgan fingerprint density at radius 1 is 1.30 bits per heavy atom. The SMILES string of the molecule is Cc1ccc(CN(C)S(=O)(=O)c2cn(C)c(Cl)n2)cc1. The number of hydrogen-bond acceptors (Lipinski definition) is 3. The molecule has 108 valence electrons. The van der Waals surface area contributed by atoms with E-state index in [9.17, 15) is 8.42 Å². The van der Waals surface area contributed by atoms with Gasteiger partial charge in [-0.3, -0.25) is 0 Å². The molecule has 5 nitrogen and oxygen atoms in total. The smallest absolute Gasteiger partial charge is 0.262 e. The molecule has 2 aromatic rings. The fourth-order valence-corrected chi connectivity index (χ4v) is 3.06. The highest BCUT2D eigenvalue weighted by atomic mass is 35.5. The third-order valence-electron chi connectivity index (χ3n) is 3.00. The summed E-state index contributed by atoms with van der Waals surface area (Å²) in [5, 5.41) is 0.104. The van der Waals surface area contributed by atoms with E-state index in [0.717, 1.165) is 11.1 Å². The van der Waals surface area contributed by atoms with E-state index in [1.54, 1.807) is 7.05 Å². The minimum absolute atomic E-state index is 0.0420. The van der Waals surface area contributed by atoms with E-state index < -0.39 is 10.0 Å². The Labute approximate surface area is 123 Å². The van der Waals surface area contributed by atoms with Crippen molar-refractivity contribution in [1.82, 2.24) is 13.9 Å². The Morgan fingerprint density at radius 2 is 1.90 bits per heavy atom. The van der Waals surface area contributed by atoms with Gasteiger partial charge in [-0.15, -0.1) is 0 Å². The topological polar surface area (TPSA) is 55.2 Å². The molecule has 0 N–H and O–H groups in total. The Kier molecular flexibility index (Phi) is 4.17. The van der Waals surface area contributed by atoms with E-state index >= 15 is 0 Å². The van der Waals surface area contributed by atoms with E-state index in [4.69, 9.17) is 11.6 Å². The van der Waals surface area contributed by atoms with Gasteiger partial charge in [-0.1, -0.05) is 29.8 Å². The van der Waals surface area contributed by atoms with Crippen molar-refractivity contribution in [3.63, 3.8) is 0 Å². The van der Waals surface area contributed by atoms with E-state index in [2.05, 4.69) is 4.98 Å². The molecular formula is C13H16ClN3O2S. The van der Waals surface area contributed by atoms with Crippen LogP contribution in [0.3, 0.4) is 0 Å². The summed E-state index contributed by atoms with van der Waals surface area (Å²) in [6.07, 6.45) is 1.41. The molecule has 0 aliphatic carbocycles. The predicted octanol–water partition coefficient (Wildman–Crippen LogP) is 2.20. The van der Waals surface area contributed by atoms with Crippen LogP contribution < -0.4 is 0 Å². The molecule has 0 amide bonds. The number of hydrogen-bond donors (Lipinski definition) is 0. The highest BCUT2D eigenvalue weighted by Crippen LogP contribution is 2.18. The summed E-state index contributed by atoms with van der Waals surface area (Å²) in [5.74, 6) is 0. The number of sulfonamides is 1. The molecule has 1 heterocycles. The van der Waals surface area contributed by atoms with Crippen LogP contribution in [0.4, 0.5) is 0 Å². The van der Waals surface area contributed by atoms with Crippen LogP contribution in [0.2, 0.25) is 5.28 Å². The zero-order valence-electron chi connectivity index (χ0n) is 11.5. The zero-order chi connectivity index (χ0) is 14.9. The molecule has 0 radical (unpaired) electrons. The van der Waals surface area contributed by atoms with Gasteiger partial charge < -0.3 is 4.57 Å². The van der Waals surface area contributed by atoms with E-state index in [-0.39, 0.29) is 16.9 Å². The highest BCUT2D eigenvalue weighted by molar-refractivity contribution is 7.89. The van der Waals surface area contributed by atoms with Crippen LogP contribution in [0.1, 0.15) is 11.1 Å². The summed E-state index contributed by atoms with van der Waals surface area (Å²) in [6.45, 7) is 2.27. The largest absolute Gasteiger partial charge is 0.323 e. The first-order chi connectivity index (χ1) is 9.30. The summed E-state index contributed by atoms with van der Waals surface area (Å²) in [6, 6.07) is 7.72. The van der Waals surface area contributed by atoms with Crippen molar-refractivity contribution in [3.05, 3.63) is 46.9 Å². The van der Waals surface area contributed by atoms with Crippen molar-refractivity contribution < 1.29 is 8.42 Å². The van der Waals surface area contributed by atoms with Gasteiger partial charge in [0.2, 0.25) is 5.28 Å². The molecule has 0 aliphatic rings. The van der Waals surface area contributed by atoms with Crippen LogP contribution in [-0.4, -0.2) is 29.3 Å². The van der Waals surface area contributed by atoms with Crippen LogP contribution in [0.25, 0.3) is 0 Å². The van der Waals surface area contributed by atoms with Crippen molar-refractivity contribution in [2.75, 3.05) is 7.05 Å². The molecule has 1 aromatic heterocycles. The molecule has 7 heteroatoms. The van der Waals surface area contributed by atoms with Gasteiger partial charge in [0.1, 0.15) is 0 Å². The van der Waals surface area contributed by atoms with E-state index in [0.29, 0.717) is 0 Å². The van der Waals surface area contributed by atoms with Crippen molar-refractivity contribution in [3.8, 4) is 0 Å². The maximum absolute atomic E-state index is 12.4. The number of aryl methyl sites for hydroxylation is 2. The first-order valence-corrected chi connectivity index (χ1v) is 7.83. The molecule has 0 aliphatic heterocycles. The number of halogens is 1. The summed E-state index contributed by atoms with van der Waals surface area (Å²) in [4.78, 5) is 3.86. The van der Waals surface area contributed by atoms with Crippen LogP contribution >= 0.6 is 11.6 Å². The normalized spacial score (nSPS) is 12.1. The third-order valence-corrected chi connectivity index (χ3v) is 5.02. The first kappa shape index (κ1) is 15.0. The lowest BCUT2D eigenvalue weighted by molar-refractivity contribution is 0.464. The molecular weight excluding hydrogens is 298 g/mol. The van der Waals surface area contributed by atoms with Gasteiger partial charge in [0.05, 0.1) is 0 Å². The highest BCUT2D eigenvalue weighted by Gasteiger charge is 2.24. The molecule has 0 fully saturated rings. The van der Waals surface area contributed by atoms with Gasteiger partial charge in [0, 0.05) is 26.8 Å². The molecule has 0 unspecified atom stereocenters. The summed E-state index contributed by atoms with van der Waals surface area (Å²) in [5.41, 5.74) is 2.06. The minimum atomic E-state index is -3.63. The number of rotatable bonds is 4. The van der Waals surface area contributed by atoms with E-state index in [1.165, 1.54) is 22.1 Å². The van der Waals surface area contributed by atoms with Gasteiger partial charge in [0.15, 0.2) is 5.03 Å². The Morgan fingerprint density at radius 3 is 2.40 bits per heavy atom. The fourth-order valence-electron chi connectivity index (χ4n) is 1.74. The maximum atomic E-state index is 12.4. The lowest BCUT2D eigenvalue weighted by Crippen LogP contribution is -2.26. The van der Waals surface area contributed by atoms with Gasteiger partial charge in [0.25, 0.3) is 10.0 Å². The second-order valence-corrected chi connectivity index (χ2v) is 7.04. The number of benzene rings is 1. The van der Waals surface area contributed by atoms with Crippen LogP contribution in [0.15, 0.2) is 35.5 Å². The van der Waals surface area contributed by atoms with Crippen LogP contribution in [0.5, 0.6) is 0 Å². The molecule has 2 rings (SSSR count).